The van der Waals surface area contributed by atoms with Gasteiger partial charge >= 0.3 is 0 Å². The normalized spacial score (nSPS) is 18.8. The SMILES string of the molecule is NC1CCc2onc(-c3cccc(Br)c3)c21. The van der Waals surface area contributed by atoms with Crippen LogP contribution < -0.4 is 5.73 Å². The summed E-state index contributed by atoms with van der Waals surface area (Å²) in [6.07, 6.45) is 1.86. The average Bonchev–Trinajstić information content (AvgIpc) is 2.82. The Kier molecular flexibility index (Phi) is 2.33. The molecule has 0 saturated heterocycles. The topological polar surface area (TPSA) is 52.0 Å². The van der Waals surface area contributed by atoms with E-state index >= 15 is 0 Å². The summed E-state index contributed by atoms with van der Waals surface area (Å²) >= 11 is 3.45. The molecule has 1 unspecified atom stereocenters. The number of nitrogens with zero attached hydrogens (tertiary/aromatic N) is 1. The van der Waals surface area contributed by atoms with Crippen LogP contribution in [0.1, 0.15) is 23.8 Å². The first-order valence-corrected chi connectivity index (χ1v) is 6.05. The number of benzene rings is 1. The quantitative estimate of drug-likeness (QED) is 0.872. The molecule has 1 aromatic carbocycles. The first-order chi connectivity index (χ1) is 7.75. The molecule has 0 fully saturated rings. The molecule has 2 N–H and O–H groups in total. The molecule has 0 aliphatic heterocycles. The third-order valence-electron chi connectivity index (χ3n) is 2.95. The van der Waals surface area contributed by atoms with E-state index in [1.165, 1.54) is 0 Å². The zero-order valence-electron chi connectivity index (χ0n) is 8.61. The predicted molar refractivity (Wildman–Crippen MR) is 64.9 cm³/mol. The molecule has 3 rings (SSSR count). The van der Waals surface area contributed by atoms with Gasteiger partial charge in [0.15, 0.2) is 0 Å². The Balaban J connectivity index is 2.14. The third-order valence-corrected chi connectivity index (χ3v) is 3.45. The summed E-state index contributed by atoms with van der Waals surface area (Å²) in [5.74, 6) is 0.947. The smallest absolute Gasteiger partial charge is 0.142 e. The van der Waals surface area contributed by atoms with Crippen LogP contribution in [-0.2, 0) is 6.42 Å². The maximum Gasteiger partial charge on any atom is 0.142 e. The molecule has 0 spiro atoms. The molecular weight excluding hydrogens is 268 g/mol. The van der Waals surface area contributed by atoms with Gasteiger partial charge in [0.2, 0.25) is 0 Å². The molecule has 1 aliphatic rings. The summed E-state index contributed by atoms with van der Waals surface area (Å²) in [6, 6.07) is 8.09. The Morgan fingerprint density at radius 1 is 1.44 bits per heavy atom. The van der Waals surface area contributed by atoms with Crippen molar-refractivity contribution >= 4 is 15.9 Å². The first kappa shape index (κ1) is 10.1. The largest absolute Gasteiger partial charge is 0.360 e. The molecule has 0 radical (unpaired) electrons. The lowest BCUT2D eigenvalue weighted by Gasteiger charge is -2.04. The molecule has 1 aromatic heterocycles. The Hall–Kier alpha value is -1.13. The molecule has 1 atom stereocenters. The fraction of sp³-hybridized carbons (Fsp3) is 0.250. The van der Waals surface area contributed by atoms with E-state index in [0.717, 1.165) is 39.9 Å². The minimum absolute atomic E-state index is 0.0650. The molecular formula is C12H11BrN2O. The van der Waals surface area contributed by atoms with Crippen molar-refractivity contribution in [3.8, 4) is 11.3 Å². The molecule has 0 amide bonds. The Morgan fingerprint density at radius 3 is 3.12 bits per heavy atom. The van der Waals surface area contributed by atoms with Gasteiger partial charge in [0, 0.05) is 28.1 Å². The third kappa shape index (κ3) is 1.49. The van der Waals surface area contributed by atoms with Gasteiger partial charge in [-0.15, -0.1) is 0 Å². The summed E-state index contributed by atoms with van der Waals surface area (Å²) in [5.41, 5.74) is 9.08. The van der Waals surface area contributed by atoms with Crippen LogP contribution >= 0.6 is 15.9 Å². The van der Waals surface area contributed by atoms with Crippen molar-refractivity contribution in [1.82, 2.24) is 5.16 Å². The molecule has 82 valence electrons. The zero-order chi connectivity index (χ0) is 11.1. The molecule has 1 aliphatic carbocycles. The van der Waals surface area contributed by atoms with Crippen molar-refractivity contribution in [3.63, 3.8) is 0 Å². The monoisotopic (exact) mass is 278 g/mol. The van der Waals surface area contributed by atoms with Gasteiger partial charge in [0.1, 0.15) is 11.5 Å². The van der Waals surface area contributed by atoms with Crippen LogP contribution in [-0.4, -0.2) is 5.16 Å². The van der Waals surface area contributed by atoms with Crippen LogP contribution in [0.15, 0.2) is 33.3 Å². The highest BCUT2D eigenvalue weighted by Crippen LogP contribution is 2.37. The number of rotatable bonds is 1. The number of hydrogen-bond acceptors (Lipinski definition) is 3. The second-order valence-electron chi connectivity index (χ2n) is 4.02. The number of aryl methyl sites for hydroxylation is 1. The zero-order valence-corrected chi connectivity index (χ0v) is 10.2. The minimum Gasteiger partial charge on any atom is -0.360 e. The van der Waals surface area contributed by atoms with Crippen LogP contribution in [0.3, 0.4) is 0 Å². The summed E-state index contributed by atoms with van der Waals surface area (Å²) in [7, 11) is 0. The standard InChI is InChI=1S/C12H11BrN2O/c13-8-3-1-2-7(6-8)12-11-9(14)4-5-10(11)16-15-12/h1-3,6,9H,4-5,14H2. The lowest BCUT2D eigenvalue weighted by molar-refractivity contribution is 0.388. The van der Waals surface area contributed by atoms with E-state index in [1.54, 1.807) is 0 Å². The molecule has 1 heterocycles. The van der Waals surface area contributed by atoms with Gasteiger partial charge in [-0.3, -0.25) is 0 Å². The summed E-state index contributed by atoms with van der Waals surface area (Å²) in [4.78, 5) is 0. The van der Waals surface area contributed by atoms with E-state index in [2.05, 4.69) is 21.1 Å². The fourth-order valence-corrected chi connectivity index (χ4v) is 2.57. The van der Waals surface area contributed by atoms with Gasteiger partial charge in [0.05, 0.1) is 0 Å². The van der Waals surface area contributed by atoms with Crippen LogP contribution in [0.4, 0.5) is 0 Å². The summed E-state index contributed by atoms with van der Waals surface area (Å²) in [6.45, 7) is 0. The van der Waals surface area contributed by atoms with Gasteiger partial charge in [-0.1, -0.05) is 33.2 Å². The number of halogens is 1. The second-order valence-corrected chi connectivity index (χ2v) is 4.94. The molecule has 0 bridgehead atoms. The van der Waals surface area contributed by atoms with E-state index in [-0.39, 0.29) is 6.04 Å². The van der Waals surface area contributed by atoms with Gasteiger partial charge in [-0.05, 0) is 18.6 Å². The van der Waals surface area contributed by atoms with Gasteiger partial charge in [0.25, 0.3) is 0 Å². The van der Waals surface area contributed by atoms with Crippen molar-refractivity contribution in [2.45, 2.75) is 18.9 Å². The molecule has 4 heteroatoms. The number of fused-ring (bicyclic) bond motifs is 1. The Morgan fingerprint density at radius 2 is 2.31 bits per heavy atom. The van der Waals surface area contributed by atoms with Gasteiger partial charge in [-0.2, -0.15) is 0 Å². The minimum atomic E-state index is 0.0650. The van der Waals surface area contributed by atoms with Crippen LogP contribution in [0.2, 0.25) is 0 Å². The van der Waals surface area contributed by atoms with E-state index in [4.69, 9.17) is 10.3 Å². The van der Waals surface area contributed by atoms with Crippen molar-refractivity contribution in [2.75, 3.05) is 0 Å². The highest BCUT2D eigenvalue weighted by molar-refractivity contribution is 9.10. The lowest BCUT2D eigenvalue weighted by Crippen LogP contribution is -2.06. The van der Waals surface area contributed by atoms with Crippen molar-refractivity contribution in [1.29, 1.82) is 0 Å². The van der Waals surface area contributed by atoms with Crippen LogP contribution in [0, 0.1) is 0 Å². The maximum atomic E-state index is 6.06. The molecule has 0 saturated carbocycles. The highest BCUT2D eigenvalue weighted by atomic mass is 79.9. The number of aromatic nitrogens is 1. The van der Waals surface area contributed by atoms with E-state index in [0.29, 0.717) is 0 Å². The summed E-state index contributed by atoms with van der Waals surface area (Å²) < 4.78 is 6.36. The van der Waals surface area contributed by atoms with Crippen molar-refractivity contribution in [2.24, 2.45) is 5.73 Å². The highest BCUT2D eigenvalue weighted by Gasteiger charge is 2.28. The predicted octanol–water partition coefficient (Wildman–Crippen LogP) is 3.05. The lowest BCUT2D eigenvalue weighted by atomic mass is 10.0. The maximum absolute atomic E-state index is 6.06. The fourth-order valence-electron chi connectivity index (χ4n) is 2.17. The van der Waals surface area contributed by atoms with E-state index in [9.17, 15) is 0 Å². The summed E-state index contributed by atoms with van der Waals surface area (Å²) in [5, 5.41) is 4.12. The van der Waals surface area contributed by atoms with Crippen molar-refractivity contribution < 1.29 is 4.52 Å². The van der Waals surface area contributed by atoms with Crippen LogP contribution in [0.5, 0.6) is 0 Å². The second kappa shape index (κ2) is 3.71. The Bertz CT molecular complexity index is 536. The van der Waals surface area contributed by atoms with Gasteiger partial charge in [-0.25, -0.2) is 0 Å². The van der Waals surface area contributed by atoms with Gasteiger partial charge < -0.3 is 10.3 Å². The van der Waals surface area contributed by atoms with E-state index in [1.807, 2.05) is 24.3 Å². The molecule has 2 aromatic rings. The van der Waals surface area contributed by atoms with E-state index < -0.39 is 0 Å². The molecule has 3 nitrogen and oxygen atoms in total. The van der Waals surface area contributed by atoms with Crippen molar-refractivity contribution in [3.05, 3.63) is 40.1 Å². The number of hydrogen-bond donors (Lipinski definition) is 1. The molecule has 16 heavy (non-hydrogen) atoms. The number of nitrogens with two attached hydrogens (primary N) is 1. The Labute approximate surface area is 102 Å². The first-order valence-electron chi connectivity index (χ1n) is 5.25. The van der Waals surface area contributed by atoms with Crippen LogP contribution in [0.25, 0.3) is 11.3 Å². The average molecular weight is 279 g/mol.